The lowest BCUT2D eigenvalue weighted by atomic mass is 10.2. The average molecular weight is 357 g/mol. The van der Waals surface area contributed by atoms with Gasteiger partial charge in [0.1, 0.15) is 5.75 Å². The molecule has 0 atom stereocenters. The molecule has 4 heteroatoms. The van der Waals surface area contributed by atoms with Gasteiger partial charge in [-0.15, -0.1) is 0 Å². The van der Waals surface area contributed by atoms with Gasteiger partial charge in [-0.05, 0) is 46.6 Å². The van der Waals surface area contributed by atoms with Crippen molar-refractivity contribution in [3.63, 3.8) is 0 Å². The summed E-state index contributed by atoms with van der Waals surface area (Å²) in [6.07, 6.45) is 1.73. The molecule has 0 spiro atoms. The van der Waals surface area contributed by atoms with Crippen LogP contribution in [-0.4, -0.2) is 4.98 Å². The third kappa shape index (κ3) is 3.07. The fraction of sp³-hybridized carbons (Fsp3) is 0.154. The normalized spacial score (nSPS) is 10.3. The summed E-state index contributed by atoms with van der Waals surface area (Å²) in [5.74, 6) is 1.41. The molecular formula is C13H11Br2NO. The van der Waals surface area contributed by atoms with E-state index in [4.69, 9.17) is 4.74 Å². The number of pyridine rings is 1. The summed E-state index contributed by atoms with van der Waals surface area (Å²) in [6, 6.07) is 9.85. The molecule has 2 aromatic rings. The molecule has 0 saturated heterocycles. The number of alkyl halides is 1. The molecule has 0 aliphatic carbocycles. The van der Waals surface area contributed by atoms with Crippen molar-refractivity contribution in [2.75, 3.05) is 0 Å². The highest BCUT2D eigenvalue weighted by atomic mass is 79.9. The van der Waals surface area contributed by atoms with Gasteiger partial charge in [0.2, 0.25) is 5.88 Å². The topological polar surface area (TPSA) is 22.1 Å². The highest BCUT2D eigenvalue weighted by Gasteiger charge is 2.07. The predicted molar refractivity (Wildman–Crippen MR) is 75.8 cm³/mol. The van der Waals surface area contributed by atoms with Gasteiger partial charge in [0.15, 0.2) is 0 Å². The first-order valence-corrected chi connectivity index (χ1v) is 7.06. The zero-order chi connectivity index (χ0) is 12.3. The van der Waals surface area contributed by atoms with Crippen molar-refractivity contribution < 1.29 is 4.74 Å². The van der Waals surface area contributed by atoms with Gasteiger partial charge in [-0.2, -0.15) is 0 Å². The average Bonchev–Trinajstić information content (AvgIpc) is 2.33. The molecule has 17 heavy (non-hydrogen) atoms. The summed E-state index contributed by atoms with van der Waals surface area (Å²) in [4.78, 5) is 4.24. The zero-order valence-corrected chi connectivity index (χ0v) is 12.5. The first-order chi connectivity index (χ1) is 8.20. The minimum absolute atomic E-state index is 0.633. The first-order valence-electron chi connectivity index (χ1n) is 5.14. The van der Waals surface area contributed by atoms with Crippen molar-refractivity contribution in [2.45, 2.75) is 12.3 Å². The van der Waals surface area contributed by atoms with Crippen LogP contribution in [0.15, 0.2) is 41.0 Å². The summed E-state index contributed by atoms with van der Waals surface area (Å²) < 4.78 is 6.73. The monoisotopic (exact) mass is 355 g/mol. The molecule has 0 amide bonds. The minimum atomic E-state index is 0.633. The summed E-state index contributed by atoms with van der Waals surface area (Å²) in [5, 5.41) is 0.722. The molecule has 2 nitrogen and oxygen atoms in total. The van der Waals surface area contributed by atoms with Crippen LogP contribution in [0.1, 0.15) is 11.1 Å². The summed E-state index contributed by atoms with van der Waals surface area (Å²) in [5.41, 5.74) is 2.21. The van der Waals surface area contributed by atoms with E-state index in [1.807, 2.05) is 37.3 Å². The van der Waals surface area contributed by atoms with Gasteiger partial charge in [-0.25, -0.2) is 4.98 Å². The second kappa shape index (κ2) is 5.65. The largest absolute Gasteiger partial charge is 0.438 e. The summed E-state index contributed by atoms with van der Waals surface area (Å²) in [7, 11) is 0. The third-order valence-corrected chi connectivity index (χ3v) is 3.51. The molecular weight excluding hydrogens is 346 g/mol. The minimum Gasteiger partial charge on any atom is -0.438 e. The fourth-order valence-corrected chi connectivity index (χ4v) is 2.41. The van der Waals surface area contributed by atoms with Crippen LogP contribution in [0.2, 0.25) is 0 Å². The molecule has 0 unspecified atom stereocenters. The molecule has 1 aromatic heterocycles. The van der Waals surface area contributed by atoms with Gasteiger partial charge in [-0.3, -0.25) is 0 Å². The molecule has 1 heterocycles. The number of aromatic nitrogens is 1. The van der Waals surface area contributed by atoms with Crippen molar-refractivity contribution in [1.82, 2.24) is 4.98 Å². The Morgan fingerprint density at radius 2 is 2.12 bits per heavy atom. The molecule has 1 aromatic carbocycles. The maximum atomic E-state index is 5.80. The van der Waals surface area contributed by atoms with Gasteiger partial charge in [0, 0.05) is 17.1 Å². The van der Waals surface area contributed by atoms with Crippen LogP contribution in [0.3, 0.4) is 0 Å². The maximum absolute atomic E-state index is 5.80. The Morgan fingerprint density at radius 1 is 1.29 bits per heavy atom. The Hall–Kier alpha value is -0.870. The molecule has 0 aliphatic heterocycles. The second-order valence-electron chi connectivity index (χ2n) is 3.64. The Morgan fingerprint density at radius 3 is 2.82 bits per heavy atom. The number of rotatable bonds is 3. The summed E-state index contributed by atoms with van der Waals surface area (Å²) in [6.45, 7) is 2.04. The van der Waals surface area contributed by atoms with E-state index in [-0.39, 0.29) is 0 Å². The van der Waals surface area contributed by atoms with Crippen LogP contribution >= 0.6 is 31.9 Å². The molecule has 2 rings (SSSR count). The van der Waals surface area contributed by atoms with Gasteiger partial charge >= 0.3 is 0 Å². The van der Waals surface area contributed by atoms with Gasteiger partial charge in [0.25, 0.3) is 0 Å². The quantitative estimate of drug-likeness (QED) is 0.734. The lowest BCUT2D eigenvalue weighted by Crippen LogP contribution is -1.93. The van der Waals surface area contributed by atoms with E-state index < -0.39 is 0 Å². The standard InChI is InChI=1S/C13H11Br2NO/c1-9-4-5-12(11(15)7-9)17-13-10(8-14)3-2-6-16-13/h2-7H,8H2,1H3. The first kappa shape index (κ1) is 12.6. The van der Waals surface area contributed by atoms with E-state index in [2.05, 4.69) is 36.8 Å². The van der Waals surface area contributed by atoms with Crippen molar-refractivity contribution in [3.05, 3.63) is 52.1 Å². The smallest absolute Gasteiger partial charge is 0.223 e. The number of halogens is 2. The molecule has 0 bridgehead atoms. The van der Waals surface area contributed by atoms with Crippen molar-refractivity contribution in [2.24, 2.45) is 0 Å². The molecule has 0 fully saturated rings. The van der Waals surface area contributed by atoms with Gasteiger partial charge < -0.3 is 4.74 Å². The Labute approximate surface area is 117 Å². The fourth-order valence-electron chi connectivity index (χ4n) is 1.41. The number of benzene rings is 1. The second-order valence-corrected chi connectivity index (χ2v) is 5.05. The SMILES string of the molecule is Cc1ccc(Oc2ncccc2CBr)c(Br)c1. The van der Waals surface area contributed by atoms with E-state index in [9.17, 15) is 0 Å². The Kier molecular flexibility index (Phi) is 4.18. The molecule has 0 radical (unpaired) electrons. The van der Waals surface area contributed by atoms with Crippen LogP contribution in [0, 0.1) is 6.92 Å². The number of hydrogen-bond acceptors (Lipinski definition) is 2. The lowest BCUT2D eigenvalue weighted by molar-refractivity contribution is 0.455. The highest BCUT2D eigenvalue weighted by molar-refractivity contribution is 9.10. The number of aryl methyl sites for hydroxylation is 1. The van der Waals surface area contributed by atoms with Crippen LogP contribution in [0.5, 0.6) is 11.6 Å². The van der Waals surface area contributed by atoms with E-state index >= 15 is 0 Å². The zero-order valence-electron chi connectivity index (χ0n) is 9.28. The van der Waals surface area contributed by atoms with E-state index in [1.165, 1.54) is 5.56 Å². The van der Waals surface area contributed by atoms with E-state index in [0.717, 1.165) is 21.1 Å². The predicted octanol–water partition coefficient (Wildman–Crippen LogP) is 4.84. The number of hydrogen-bond donors (Lipinski definition) is 0. The Balaban J connectivity index is 2.31. The van der Waals surface area contributed by atoms with Crippen LogP contribution in [-0.2, 0) is 5.33 Å². The van der Waals surface area contributed by atoms with Crippen molar-refractivity contribution in [3.8, 4) is 11.6 Å². The number of nitrogens with zero attached hydrogens (tertiary/aromatic N) is 1. The number of ether oxygens (including phenoxy) is 1. The van der Waals surface area contributed by atoms with Crippen molar-refractivity contribution >= 4 is 31.9 Å². The van der Waals surface area contributed by atoms with E-state index in [0.29, 0.717) is 5.88 Å². The maximum Gasteiger partial charge on any atom is 0.223 e. The molecule has 0 N–H and O–H groups in total. The van der Waals surface area contributed by atoms with Gasteiger partial charge in [0.05, 0.1) is 4.47 Å². The van der Waals surface area contributed by atoms with Crippen LogP contribution in [0.4, 0.5) is 0 Å². The Bertz CT molecular complexity index is 529. The van der Waals surface area contributed by atoms with Crippen LogP contribution in [0.25, 0.3) is 0 Å². The summed E-state index contributed by atoms with van der Waals surface area (Å²) >= 11 is 6.91. The molecule has 0 aliphatic rings. The third-order valence-electron chi connectivity index (χ3n) is 2.29. The molecule has 88 valence electrons. The van der Waals surface area contributed by atoms with E-state index in [1.54, 1.807) is 6.20 Å². The lowest BCUT2D eigenvalue weighted by Gasteiger charge is -2.09. The van der Waals surface area contributed by atoms with Crippen LogP contribution < -0.4 is 4.74 Å². The highest BCUT2D eigenvalue weighted by Crippen LogP contribution is 2.31. The van der Waals surface area contributed by atoms with Gasteiger partial charge in [-0.1, -0.05) is 28.1 Å². The van der Waals surface area contributed by atoms with Crippen molar-refractivity contribution in [1.29, 1.82) is 0 Å². The molecule has 0 saturated carbocycles.